The number of rotatable bonds is 5. The van der Waals surface area contributed by atoms with Gasteiger partial charge in [0, 0.05) is 23.3 Å². The third kappa shape index (κ3) is 4.74. The maximum atomic E-state index is 12.4. The number of nitrogens with zero attached hydrogens (tertiary/aromatic N) is 2. The van der Waals surface area contributed by atoms with Crippen LogP contribution in [0, 0.1) is 0 Å². The molecule has 1 amide bonds. The zero-order chi connectivity index (χ0) is 19.4. The van der Waals surface area contributed by atoms with Crippen molar-refractivity contribution < 1.29 is 9.53 Å². The third-order valence-corrected chi connectivity index (χ3v) is 4.00. The first kappa shape index (κ1) is 18.7. The van der Waals surface area contributed by atoms with E-state index in [0.29, 0.717) is 27.9 Å². The standard InChI is InChI=1S/C20H18ClN3O3/c1-13(2)24-12-14(6-9-19(24)25)20(26)23-18-8-7-17(11-22-18)27-16-5-3-4-15(21)10-16/h3-13H,1-2H3,(H,22,23,26). The molecule has 0 spiro atoms. The largest absolute Gasteiger partial charge is 0.456 e. The van der Waals surface area contributed by atoms with Gasteiger partial charge in [0.15, 0.2) is 0 Å². The van der Waals surface area contributed by atoms with Crippen molar-refractivity contribution in [2.75, 3.05) is 5.32 Å². The number of ether oxygens (including phenoxy) is 1. The lowest BCUT2D eigenvalue weighted by atomic mass is 10.2. The zero-order valence-electron chi connectivity index (χ0n) is 14.8. The van der Waals surface area contributed by atoms with E-state index >= 15 is 0 Å². The molecule has 27 heavy (non-hydrogen) atoms. The van der Waals surface area contributed by atoms with Crippen molar-refractivity contribution in [3.05, 3.63) is 81.9 Å². The van der Waals surface area contributed by atoms with E-state index in [1.807, 2.05) is 13.8 Å². The molecule has 138 valence electrons. The van der Waals surface area contributed by atoms with Crippen LogP contribution in [0.4, 0.5) is 5.82 Å². The fourth-order valence-electron chi connectivity index (χ4n) is 2.41. The van der Waals surface area contributed by atoms with Crippen LogP contribution in [0.2, 0.25) is 5.02 Å². The van der Waals surface area contributed by atoms with E-state index in [9.17, 15) is 9.59 Å². The van der Waals surface area contributed by atoms with Crippen LogP contribution in [0.25, 0.3) is 0 Å². The summed E-state index contributed by atoms with van der Waals surface area (Å²) < 4.78 is 7.17. The van der Waals surface area contributed by atoms with Crippen LogP contribution in [0.3, 0.4) is 0 Å². The highest BCUT2D eigenvalue weighted by Crippen LogP contribution is 2.24. The maximum absolute atomic E-state index is 12.4. The molecule has 0 saturated carbocycles. The second-order valence-electron chi connectivity index (χ2n) is 6.15. The molecule has 0 unspecified atom stereocenters. The van der Waals surface area contributed by atoms with Gasteiger partial charge in [0.25, 0.3) is 11.5 Å². The van der Waals surface area contributed by atoms with Gasteiger partial charge in [-0.15, -0.1) is 0 Å². The summed E-state index contributed by atoms with van der Waals surface area (Å²) in [5.74, 6) is 1.14. The molecule has 0 atom stereocenters. The molecule has 1 aromatic carbocycles. The lowest BCUT2D eigenvalue weighted by molar-refractivity contribution is 0.102. The lowest BCUT2D eigenvalue weighted by Gasteiger charge is -2.11. The van der Waals surface area contributed by atoms with Gasteiger partial charge < -0.3 is 14.6 Å². The van der Waals surface area contributed by atoms with Crippen LogP contribution in [0.5, 0.6) is 11.5 Å². The number of nitrogens with one attached hydrogen (secondary N) is 1. The molecule has 2 aromatic heterocycles. The second-order valence-corrected chi connectivity index (χ2v) is 6.59. The van der Waals surface area contributed by atoms with Gasteiger partial charge in [0.05, 0.1) is 11.8 Å². The number of carbonyl (C=O) groups excluding carboxylic acids is 1. The van der Waals surface area contributed by atoms with Crippen molar-refractivity contribution in [2.24, 2.45) is 0 Å². The number of benzene rings is 1. The van der Waals surface area contributed by atoms with E-state index in [4.69, 9.17) is 16.3 Å². The van der Waals surface area contributed by atoms with Gasteiger partial charge in [-0.25, -0.2) is 4.98 Å². The summed E-state index contributed by atoms with van der Waals surface area (Å²) in [5.41, 5.74) is 0.228. The molecule has 1 N–H and O–H groups in total. The van der Waals surface area contributed by atoms with Crippen LogP contribution in [-0.2, 0) is 0 Å². The molecule has 0 aliphatic carbocycles. The van der Waals surface area contributed by atoms with E-state index in [1.54, 1.807) is 42.6 Å². The molecule has 0 bridgehead atoms. The first-order valence-corrected chi connectivity index (χ1v) is 8.73. The van der Waals surface area contributed by atoms with Crippen molar-refractivity contribution in [1.82, 2.24) is 9.55 Å². The van der Waals surface area contributed by atoms with E-state index in [2.05, 4.69) is 10.3 Å². The Morgan fingerprint density at radius 2 is 1.96 bits per heavy atom. The van der Waals surface area contributed by atoms with Crippen LogP contribution in [0.15, 0.2) is 65.7 Å². The highest BCUT2D eigenvalue weighted by Gasteiger charge is 2.10. The summed E-state index contributed by atoms with van der Waals surface area (Å²) >= 11 is 5.93. The normalized spacial score (nSPS) is 10.7. The van der Waals surface area contributed by atoms with Gasteiger partial charge in [0.1, 0.15) is 17.3 Å². The molecule has 2 heterocycles. The quantitative estimate of drug-likeness (QED) is 0.702. The number of hydrogen-bond acceptors (Lipinski definition) is 4. The molecule has 0 saturated heterocycles. The Morgan fingerprint density at radius 3 is 2.63 bits per heavy atom. The molecule has 0 fully saturated rings. The Morgan fingerprint density at radius 1 is 1.15 bits per heavy atom. The van der Waals surface area contributed by atoms with Gasteiger partial charge in [-0.1, -0.05) is 17.7 Å². The molecule has 0 aliphatic heterocycles. The second kappa shape index (κ2) is 8.05. The van der Waals surface area contributed by atoms with Crippen LogP contribution in [0.1, 0.15) is 30.2 Å². The first-order valence-electron chi connectivity index (χ1n) is 8.35. The third-order valence-electron chi connectivity index (χ3n) is 3.77. The summed E-state index contributed by atoms with van der Waals surface area (Å²) in [6.07, 6.45) is 3.05. The van der Waals surface area contributed by atoms with Crippen LogP contribution in [-0.4, -0.2) is 15.5 Å². The van der Waals surface area contributed by atoms with E-state index in [0.717, 1.165) is 0 Å². The van der Waals surface area contributed by atoms with Crippen LogP contribution >= 0.6 is 11.6 Å². The maximum Gasteiger partial charge on any atom is 0.258 e. The topological polar surface area (TPSA) is 73.2 Å². The number of anilines is 1. The Hall–Kier alpha value is -3.12. The lowest BCUT2D eigenvalue weighted by Crippen LogP contribution is -2.23. The van der Waals surface area contributed by atoms with Gasteiger partial charge >= 0.3 is 0 Å². The average Bonchev–Trinajstić information content (AvgIpc) is 2.63. The van der Waals surface area contributed by atoms with E-state index in [-0.39, 0.29) is 17.5 Å². The Balaban J connectivity index is 1.70. The monoisotopic (exact) mass is 383 g/mol. The SMILES string of the molecule is CC(C)n1cc(C(=O)Nc2ccc(Oc3cccc(Cl)c3)cn2)ccc1=O. The zero-order valence-corrected chi connectivity index (χ0v) is 15.6. The van der Waals surface area contributed by atoms with Crippen molar-refractivity contribution in [3.63, 3.8) is 0 Å². The Labute approximate surface area is 161 Å². The Kier molecular flexibility index (Phi) is 5.57. The fourth-order valence-corrected chi connectivity index (χ4v) is 2.59. The summed E-state index contributed by atoms with van der Waals surface area (Å²) in [6.45, 7) is 3.76. The molecule has 0 radical (unpaired) electrons. The first-order chi connectivity index (χ1) is 12.9. The molecular formula is C20H18ClN3O3. The molecule has 3 aromatic rings. The number of carbonyl (C=O) groups is 1. The number of pyridine rings is 2. The van der Waals surface area contributed by atoms with E-state index in [1.165, 1.54) is 22.9 Å². The smallest absolute Gasteiger partial charge is 0.258 e. The number of halogens is 1. The summed E-state index contributed by atoms with van der Waals surface area (Å²) in [6, 6.07) is 13.2. The summed E-state index contributed by atoms with van der Waals surface area (Å²) in [7, 11) is 0. The van der Waals surface area contributed by atoms with Crippen molar-refractivity contribution in [3.8, 4) is 11.5 Å². The number of aromatic nitrogens is 2. The van der Waals surface area contributed by atoms with Gasteiger partial charge in [-0.3, -0.25) is 9.59 Å². The van der Waals surface area contributed by atoms with Gasteiger partial charge in [0.2, 0.25) is 0 Å². The number of amides is 1. The van der Waals surface area contributed by atoms with Crippen molar-refractivity contribution in [2.45, 2.75) is 19.9 Å². The summed E-state index contributed by atoms with van der Waals surface area (Å²) in [5, 5.41) is 3.28. The molecule has 7 heteroatoms. The van der Waals surface area contributed by atoms with Crippen molar-refractivity contribution in [1.29, 1.82) is 0 Å². The highest BCUT2D eigenvalue weighted by atomic mass is 35.5. The summed E-state index contributed by atoms with van der Waals surface area (Å²) in [4.78, 5) is 28.4. The molecule has 3 rings (SSSR count). The minimum Gasteiger partial charge on any atom is -0.456 e. The molecule has 0 aliphatic rings. The van der Waals surface area contributed by atoms with Gasteiger partial charge in [-0.2, -0.15) is 0 Å². The molecule has 6 nitrogen and oxygen atoms in total. The minimum atomic E-state index is -0.347. The van der Waals surface area contributed by atoms with E-state index < -0.39 is 0 Å². The predicted octanol–water partition coefficient (Wildman–Crippen LogP) is 4.52. The van der Waals surface area contributed by atoms with Gasteiger partial charge in [-0.05, 0) is 50.2 Å². The van der Waals surface area contributed by atoms with Crippen LogP contribution < -0.4 is 15.6 Å². The minimum absolute atomic E-state index is 0.0358. The Bertz CT molecular complexity index is 1010. The van der Waals surface area contributed by atoms with Crippen molar-refractivity contribution >= 4 is 23.3 Å². The number of hydrogen-bond donors (Lipinski definition) is 1. The highest BCUT2D eigenvalue weighted by molar-refractivity contribution is 6.30. The molecular weight excluding hydrogens is 366 g/mol. The predicted molar refractivity (Wildman–Crippen MR) is 105 cm³/mol. The fraction of sp³-hybridized carbons (Fsp3) is 0.150. The average molecular weight is 384 g/mol.